The Hall–Kier alpha value is -1.75. The van der Waals surface area contributed by atoms with Crippen LogP contribution in [0.2, 0.25) is 0 Å². The minimum Gasteiger partial charge on any atom is -0.343 e. The molecule has 138 valence electrons. The Balaban J connectivity index is 1.88. The van der Waals surface area contributed by atoms with Gasteiger partial charge in [-0.1, -0.05) is 35.6 Å². The summed E-state index contributed by atoms with van der Waals surface area (Å²) in [6.07, 6.45) is 1.76. The molecule has 0 bridgehead atoms. The standard InChI is InChI=1S/C14H23N7O2S2/c1-4-7-10-16-11(23-19-10)8-24-13-17-18-14(21(13)15)25-9-12(22)20(5-2)6-3/h4-9,15H2,1-3H3. The van der Waals surface area contributed by atoms with Crippen LogP contribution >= 0.6 is 23.5 Å². The van der Waals surface area contributed by atoms with Crippen LogP contribution in [0.25, 0.3) is 0 Å². The normalized spacial score (nSPS) is 11.0. The number of nitrogens with two attached hydrogens (primary N) is 1. The number of aryl methyl sites for hydroxylation is 1. The summed E-state index contributed by atoms with van der Waals surface area (Å²) in [7, 11) is 0. The Kier molecular flexibility index (Phi) is 7.56. The summed E-state index contributed by atoms with van der Waals surface area (Å²) < 4.78 is 6.56. The van der Waals surface area contributed by atoms with E-state index in [0.717, 1.165) is 12.8 Å². The predicted molar refractivity (Wildman–Crippen MR) is 96.7 cm³/mol. The molecule has 0 atom stereocenters. The van der Waals surface area contributed by atoms with Gasteiger partial charge in [0.15, 0.2) is 5.82 Å². The molecule has 0 aliphatic rings. The summed E-state index contributed by atoms with van der Waals surface area (Å²) in [5.41, 5.74) is 0. The number of thioether (sulfide) groups is 2. The molecule has 11 heteroatoms. The van der Waals surface area contributed by atoms with Gasteiger partial charge in [0, 0.05) is 19.5 Å². The van der Waals surface area contributed by atoms with Gasteiger partial charge in [0.2, 0.25) is 22.1 Å². The first-order valence-electron chi connectivity index (χ1n) is 8.14. The van der Waals surface area contributed by atoms with Crippen LogP contribution in [-0.4, -0.2) is 54.7 Å². The lowest BCUT2D eigenvalue weighted by atomic mass is 10.3. The zero-order valence-corrected chi connectivity index (χ0v) is 16.3. The molecular weight excluding hydrogens is 362 g/mol. The van der Waals surface area contributed by atoms with Gasteiger partial charge in [-0.15, -0.1) is 10.2 Å². The van der Waals surface area contributed by atoms with Crippen LogP contribution in [0.3, 0.4) is 0 Å². The number of amides is 1. The van der Waals surface area contributed by atoms with E-state index in [4.69, 9.17) is 10.4 Å². The van der Waals surface area contributed by atoms with Crippen LogP contribution in [0.4, 0.5) is 0 Å². The molecule has 0 spiro atoms. The lowest BCUT2D eigenvalue weighted by molar-refractivity contribution is -0.127. The van der Waals surface area contributed by atoms with Crippen molar-refractivity contribution in [1.82, 2.24) is 29.9 Å². The fourth-order valence-corrected chi connectivity index (χ4v) is 3.57. The molecule has 2 aromatic rings. The zero-order valence-electron chi connectivity index (χ0n) is 14.6. The zero-order chi connectivity index (χ0) is 18.2. The monoisotopic (exact) mass is 385 g/mol. The van der Waals surface area contributed by atoms with Gasteiger partial charge in [0.05, 0.1) is 11.5 Å². The largest absolute Gasteiger partial charge is 0.343 e. The fourth-order valence-electron chi connectivity index (χ4n) is 2.05. The smallest absolute Gasteiger partial charge is 0.237 e. The minimum absolute atomic E-state index is 0.0570. The highest BCUT2D eigenvalue weighted by Crippen LogP contribution is 2.23. The van der Waals surface area contributed by atoms with E-state index in [1.807, 2.05) is 13.8 Å². The SMILES string of the molecule is CCCc1noc(CSc2nnc(SCC(=O)N(CC)CC)n2N)n1. The number of carbonyl (C=O) groups excluding carboxylic acids is 1. The molecule has 0 aromatic carbocycles. The molecule has 2 aromatic heterocycles. The number of nitrogen functional groups attached to an aromatic ring is 1. The van der Waals surface area contributed by atoms with E-state index in [0.29, 0.717) is 40.9 Å². The molecule has 25 heavy (non-hydrogen) atoms. The average molecular weight is 386 g/mol. The Morgan fingerprint density at radius 3 is 2.52 bits per heavy atom. The van der Waals surface area contributed by atoms with Gasteiger partial charge >= 0.3 is 0 Å². The van der Waals surface area contributed by atoms with E-state index in [9.17, 15) is 4.79 Å². The molecule has 0 fully saturated rings. The summed E-state index contributed by atoms with van der Waals surface area (Å²) in [6, 6.07) is 0. The summed E-state index contributed by atoms with van der Waals surface area (Å²) in [5, 5.41) is 13.0. The number of aromatic nitrogens is 5. The van der Waals surface area contributed by atoms with E-state index in [2.05, 4.69) is 27.3 Å². The summed E-state index contributed by atoms with van der Waals surface area (Å²) >= 11 is 2.64. The molecule has 2 rings (SSSR count). The highest BCUT2D eigenvalue weighted by atomic mass is 32.2. The quantitative estimate of drug-likeness (QED) is 0.480. The molecular formula is C14H23N7O2S2. The van der Waals surface area contributed by atoms with Gasteiger partial charge in [-0.05, 0) is 20.3 Å². The number of rotatable bonds is 10. The number of carbonyl (C=O) groups is 1. The molecule has 0 aliphatic carbocycles. The van der Waals surface area contributed by atoms with E-state index in [1.165, 1.54) is 28.2 Å². The van der Waals surface area contributed by atoms with Crippen molar-refractivity contribution in [3.8, 4) is 0 Å². The van der Waals surface area contributed by atoms with Gasteiger partial charge < -0.3 is 15.3 Å². The third-order valence-corrected chi connectivity index (χ3v) is 5.24. The summed E-state index contributed by atoms with van der Waals surface area (Å²) in [5.74, 6) is 8.05. The van der Waals surface area contributed by atoms with Crippen LogP contribution in [0.1, 0.15) is 38.9 Å². The van der Waals surface area contributed by atoms with Crippen LogP contribution < -0.4 is 5.84 Å². The molecule has 0 aliphatic heterocycles. The van der Waals surface area contributed by atoms with Crippen LogP contribution in [0.5, 0.6) is 0 Å². The van der Waals surface area contributed by atoms with Crippen molar-refractivity contribution >= 4 is 29.4 Å². The van der Waals surface area contributed by atoms with Crippen molar-refractivity contribution in [3.63, 3.8) is 0 Å². The molecule has 0 saturated carbocycles. The number of hydrogen-bond acceptors (Lipinski definition) is 9. The van der Waals surface area contributed by atoms with Gasteiger partial charge in [0.1, 0.15) is 0 Å². The maximum atomic E-state index is 12.0. The van der Waals surface area contributed by atoms with Gasteiger partial charge in [-0.2, -0.15) is 4.98 Å². The molecule has 2 heterocycles. The fraction of sp³-hybridized carbons (Fsp3) is 0.643. The van der Waals surface area contributed by atoms with Crippen LogP contribution in [0, 0.1) is 0 Å². The van der Waals surface area contributed by atoms with Gasteiger partial charge in [-0.3, -0.25) is 4.79 Å². The number of nitrogens with zero attached hydrogens (tertiary/aromatic N) is 6. The first kappa shape index (κ1) is 19.6. The lowest BCUT2D eigenvalue weighted by Gasteiger charge is -2.17. The maximum absolute atomic E-state index is 12.0. The number of hydrogen-bond donors (Lipinski definition) is 1. The van der Waals surface area contributed by atoms with Crippen molar-refractivity contribution in [2.45, 2.75) is 49.7 Å². The van der Waals surface area contributed by atoms with Crippen molar-refractivity contribution < 1.29 is 9.32 Å². The van der Waals surface area contributed by atoms with E-state index in [1.54, 1.807) is 4.90 Å². The Morgan fingerprint density at radius 1 is 1.20 bits per heavy atom. The molecule has 9 nitrogen and oxygen atoms in total. The highest BCUT2D eigenvalue weighted by molar-refractivity contribution is 8.00. The molecule has 1 amide bonds. The molecule has 0 radical (unpaired) electrons. The van der Waals surface area contributed by atoms with Crippen LogP contribution in [0.15, 0.2) is 14.8 Å². The highest BCUT2D eigenvalue weighted by Gasteiger charge is 2.16. The molecule has 2 N–H and O–H groups in total. The molecule has 0 unspecified atom stereocenters. The Labute approximate surface area is 155 Å². The third kappa shape index (κ3) is 5.36. The Bertz CT molecular complexity index is 685. The van der Waals surface area contributed by atoms with Crippen LogP contribution in [-0.2, 0) is 17.0 Å². The first-order chi connectivity index (χ1) is 12.1. The van der Waals surface area contributed by atoms with Crippen molar-refractivity contribution in [3.05, 3.63) is 11.7 Å². The average Bonchev–Trinajstić information content (AvgIpc) is 3.19. The lowest BCUT2D eigenvalue weighted by Crippen LogP contribution is -2.32. The van der Waals surface area contributed by atoms with Crippen molar-refractivity contribution in [2.24, 2.45) is 0 Å². The second-order valence-corrected chi connectivity index (χ2v) is 7.02. The Morgan fingerprint density at radius 2 is 1.88 bits per heavy atom. The van der Waals surface area contributed by atoms with Gasteiger partial charge in [0.25, 0.3) is 0 Å². The maximum Gasteiger partial charge on any atom is 0.237 e. The second-order valence-electron chi connectivity index (χ2n) is 5.13. The minimum atomic E-state index is 0.0570. The van der Waals surface area contributed by atoms with Crippen molar-refractivity contribution in [1.29, 1.82) is 0 Å². The van der Waals surface area contributed by atoms with E-state index >= 15 is 0 Å². The second kappa shape index (κ2) is 9.66. The molecule has 0 saturated heterocycles. The van der Waals surface area contributed by atoms with E-state index in [-0.39, 0.29) is 11.7 Å². The first-order valence-corrected chi connectivity index (χ1v) is 10.1. The summed E-state index contributed by atoms with van der Waals surface area (Å²) in [6.45, 7) is 7.35. The predicted octanol–water partition coefficient (Wildman–Crippen LogP) is 1.58. The van der Waals surface area contributed by atoms with Crippen molar-refractivity contribution in [2.75, 3.05) is 24.7 Å². The van der Waals surface area contributed by atoms with Gasteiger partial charge in [-0.25, -0.2) is 4.68 Å². The topological polar surface area (TPSA) is 116 Å². The third-order valence-electron chi connectivity index (χ3n) is 3.38. The summed E-state index contributed by atoms with van der Waals surface area (Å²) in [4.78, 5) is 18.1. The van der Waals surface area contributed by atoms with E-state index < -0.39 is 0 Å².